The first-order chi connectivity index (χ1) is 10.6. The van der Waals surface area contributed by atoms with E-state index in [0.717, 1.165) is 38.5 Å². The van der Waals surface area contributed by atoms with E-state index in [1.54, 1.807) is 0 Å². The maximum Gasteiger partial charge on any atom is 0.248 e. The molecule has 4 aliphatic carbocycles. The fourth-order valence-electron chi connectivity index (χ4n) is 7.42. The molecular weight excluding hydrogens is 294 g/mol. The smallest absolute Gasteiger partial charge is 0.248 e. The maximum absolute atomic E-state index is 13.9. The van der Waals surface area contributed by atoms with Crippen molar-refractivity contribution < 1.29 is 13.9 Å². The Morgan fingerprint density at radius 2 is 1.52 bits per heavy atom. The molecule has 7 unspecified atom stereocenters. The Bertz CT molecular complexity index is 502. The molecule has 0 aromatic rings. The topological polar surface area (TPSA) is 20.2 Å². The molecule has 7 atom stereocenters. The lowest BCUT2D eigenvalue weighted by Crippen LogP contribution is -2.56. The average Bonchev–Trinajstić information content (AvgIpc) is 2.70. The fourth-order valence-corrected chi connectivity index (χ4v) is 7.42. The molecule has 0 amide bonds. The second-order valence-corrected chi connectivity index (χ2v) is 9.99. The average molecular weight is 326 g/mol. The normalized spacial score (nSPS) is 58.2. The van der Waals surface area contributed by atoms with Crippen molar-refractivity contribution in [3.63, 3.8) is 0 Å². The van der Waals surface area contributed by atoms with E-state index in [-0.39, 0.29) is 29.6 Å². The van der Waals surface area contributed by atoms with Gasteiger partial charge in [0.05, 0.1) is 5.60 Å². The summed E-state index contributed by atoms with van der Waals surface area (Å²) in [7, 11) is 0. The van der Waals surface area contributed by atoms with Crippen LogP contribution in [0.4, 0.5) is 8.78 Å². The maximum atomic E-state index is 13.9. The van der Waals surface area contributed by atoms with Crippen molar-refractivity contribution in [2.45, 2.75) is 90.1 Å². The molecule has 1 N–H and O–H groups in total. The summed E-state index contributed by atoms with van der Waals surface area (Å²) in [6, 6.07) is 0. The summed E-state index contributed by atoms with van der Waals surface area (Å²) < 4.78 is 27.8. The van der Waals surface area contributed by atoms with Crippen LogP contribution in [0.2, 0.25) is 0 Å². The Kier molecular flexibility index (Phi) is 3.34. The third-order valence-corrected chi connectivity index (χ3v) is 9.20. The van der Waals surface area contributed by atoms with Gasteiger partial charge in [0.2, 0.25) is 5.92 Å². The van der Waals surface area contributed by atoms with Gasteiger partial charge in [-0.3, -0.25) is 0 Å². The molecule has 0 radical (unpaired) electrons. The molecule has 0 aliphatic heterocycles. The Morgan fingerprint density at radius 1 is 0.826 bits per heavy atom. The first-order valence-corrected chi connectivity index (χ1v) is 9.69. The zero-order valence-corrected chi connectivity index (χ0v) is 14.9. The lowest BCUT2D eigenvalue weighted by atomic mass is 9.44. The van der Waals surface area contributed by atoms with E-state index in [1.165, 1.54) is 0 Å². The van der Waals surface area contributed by atoms with Gasteiger partial charge in [0.15, 0.2) is 0 Å². The Morgan fingerprint density at radius 3 is 2.26 bits per heavy atom. The monoisotopic (exact) mass is 326 g/mol. The first-order valence-electron chi connectivity index (χ1n) is 9.69. The van der Waals surface area contributed by atoms with Crippen molar-refractivity contribution in [2.75, 3.05) is 0 Å². The molecule has 3 heteroatoms. The van der Waals surface area contributed by atoms with Crippen LogP contribution < -0.4 is 0 Å². The molecule has 4 rings (SSSR count). The second-order valence-electron chi connectivity index (χ2n) is 9.99. The lowest BCUT2D eigenvalue weighted by molar-refractivity contribution is -0.176. The molecule has 4 fully saturated rings. The molecule has 0 bridgehead atoms. The summed E-state index contributed by atoms with van der Waals surface area (Å²) in [6.07, 6.45) is 7.23. The van der Waals surface area contributed by atoms with Crippen LogP contribution >= 0.6 is 0 Å². The van der Waals surface area contributed by atoms with E-state index in [2.05, 4.69) is 13.8 Å². The van der Waals surface area contributed by atoms with Crippen LogP contribution in [0.15, 0.2) is 0 Å². The van der Waals surface area contributed by atoms with Crippen LogP contribution in [-0.2, 0) is 0 Å². The summed E-state index contributed by atoms with van der Waals surface area (Å²) in [5, 5.41) is 10.9. The Balaban J connectivity index is 1.63. The van der Waals surface area contributed by atoms with Crippen molar-refractivity contribution in [1.29, 1.82) is 0 Å². The van der Waals surface area contributed by atoms with Crippen LogP contribution in [-0.4, -0.2) is 16.6 Å². The van der Waals surface area contributed by atoms with Gasteiger partial charge in [0.25, 0.3) is 0 Å². The minimum atomic E-state index is -2.43. The standard InChI is InChI=1S/C20H32F2O/c1-17-10-11-20(21,22)12-13(17)4-5-14-15(17)6-8-18(2)16(14)7-9-19(18,3)23/h13-16,23H,4-12H2,1-3H3. The summed E-state index contributed by atoms with van der Waals surface area (Å²) >= 11 is 0. The minimum absolute atomic E-state index is 0.0377. The summed E-state index contributed by atoms with van der Waals surface area (Å²) in [5.41, 5.74) is -0.393. The molecule has 0 aromatic carbocycles. The van der Waals surface area contributed by atoms with Gasteiger partial charge in [0.1, 0.15) is 0 Å². The molecular formula is C20H32F2O. The van der Waals surface area contributed by atoms with Gasteiger partial charge in [-0.15, -0.1) is 0 Å². The largest absolute Gasteiger partial charge is 0.390 e. The van der Waals surface area contributed by atoms with Gasteiger partial charge in [0, 0.05) is 12.8 Å². The molecule has 23 heavy (non-hydrogen) atoms. The Labute approximate surface area is 139 Å². The van der Waals surface area contributed by atoms with Gasteiger partial charge in [-0.2, -0.15) is 0 Å². The summed E-state index contributed by atoms with van der Waals surface area (Å²) in [5.74, 6) is -0.382. The van der Waals surface area contributed by atoms with E-state index in [9.17, 15) is 13.9 Å². The number of alkyl halides is 2. The van der Waals surface area contributed by atoms with Crippen LogP contribution in [0.5, 0.6) is 0 Å². The van der Waals surface area contributed by atoms with Gasteiger partial charge in [-0.1, -0.05) is 13.8 Å². The molecule has 132 valence electrons. The molecule has 1 nitrogen and oxygen atoms in total. The van der Waals surface area contributed by atoms with Crippen molar-refractivity contribution in [1.82, 2.24) is 0 Å². The van der Waals surface area contributed by atoms with Crippen LogP contribution in [0.25, 0.3) is 0 Å². The van der Waals surface area contributed by atoms with Crippen LogP contribution in [0, 0.1) is 34.5 Å². The van der Waals surface area contributed by atoms with Crippen molar-refractivity contribution >= 4 is 0 Å². The highest BCUT2D eigenvalue weighted by molar-refractivity contribution is 5.13. The number of hydrogen-bond acceptors (Lipinski definition) is 1. The zero-order chi connectivity index (χ0) is 16.7. The highest BCUT2D eigenvalue weighted by Crippen LogP contribution is 2.68. The van der Waals surface area contributed by atoms with E-state index >= 15 is 0 Å². The summed E-state index contributed by atoms with van der Waals surface area (Å²) in [4.78, 5) is 0. The van der Waals surface area contributed by atoms with E-state index in [4.69, 9.17) is 0 Å². The molecule has 0 saturated heterocycles. The van der Waals surface area contributed by atoms with E-state index in [1.807, 2.05) is 6.92 Å². The van der Waals surface area contributed by atoms with Crippen molar-refractivity contribution in [3.05, 3.63) is 0 Å². The number of aliphatic hydroxyl groups is 1. The number of fused-ring (bicyclic) bond motifs is 5. The molecule has 0 spiro atoms. The predicted octanol–water partition coefficient (Wildman–Crippen LogP) is 5.42. The third-order valence-electron chi connectivity index (χ3n) is 9.20. The molecule has 0 aromatic heterocycles. The first kappa shape index (κ1) is 16.3. The minimum Gasteiger partial charge on any atom is -0.390 e. The zero-order valence-electron chi connectivity index (χ0n) is 14.9. The van der Waals surface area contributed by atoms with Gasteiger partial charge < -0.3 is 5.11 Å². The van der Waals surface area contributed by atoms with Gasteiger partial charge >= 0.3 is 0 Å². The van der Waals surface area contributed by atoms with Crippen molar-refractivity contribution in [2.24, 2.45) is 34.5 Å². The number of rotatable bonds is 0. The van der Waals surface area contributed by atoms with E-state index in [0.29, 0.717) is 24.2 Å². The van der Waals surface area contributed by atoms with Gasteiger partial charge in [-0.05, 0) is 86.4 Å². The number of hydrogen-bond donors (Lipinski definition) is 1. The third kappa shape index (κ3) is 2.10. The SMILES string of the molecule is CC12CCC(F)(F)CC1CCC1C2CCC2(C)C1CCC2(C)O. The molecule has 4 saturated carbocycles. The predicted molar refractivity (Wildman–Crippen MR) is 87.3 cm³/mol. The van der Waals surface area contributed by atoms with Crippen molar-refractivity contribution in [3.8, 4) is 0 Å². The Hall–Kier alpha value is -0.180. The highest BCUT2D eigenvalue weighted by atomic mass is 19.3. The number of halogens is 2. The summed E-state index contributed by atoms with van der Waals surface area (Å²) in [6.45, 7) is 6.64. The molecule has 0 heterocycles. The van der Waals surface area contributed by atoms with Crippen LogP contribution in [0.3, 0.4) is 0 Å². The van der Waals surface area contributed by atoms with Crippen LogP contribution in [0.1, 0.15) is 78.6 Å². The van der Waals surface area contributed by atoms with E-state index < -0.39 is 11.5 Å². The quantitative estimate of drug-likeness (QED) is 0.630. The second kappa shape index (κ2) is 4.71. The fraction of sp³-hybridized carbons (Fsp3) is 1.00. The van der Waals surface area contributed by atoms with Gasteiger partial charge in [-0.25, -0.2) is 8.78 Å². The highest BCUT2D eigenvalue weighted by Gasteiger charge is 2.64. The molecule has 4 aliphatic rings. The lowest BCUT2D eigenvalue weighted by Gasteiger charge is -2.61.